The van der Waals surface area contributed by atoms with Crippen LogP contribution in [0.3, 0.4) is 0 Å². The number of nitrogens with one attached hydrogen (secondary N) is 1. The molecule has 0 aliphatic carbocycles. The number of hydrogen-bond acceptors (Lipinski definition) is 2. The molecule has 0 aromatic carbocycles. The fourth-order valence-corrected chi connectivity index (χ4v) is 1.40. The minimum Gasteiger partial charge on any atom is -0.465 e. The molecule has 0 atom stereocenters. The van der Waals surface area contributed by atoms with E-state index in [1.54, 1.807) is 12.3 Å². The molecule has 0 aliphatic rings. The Morgan fingerprint density at radius 3 is 2.71 bits per heavy atom. The molecule has 3 nitrogen and oxygen atoms in total. The summed E-state index contributed by atoms with van der Waals surface area (Å²) in [5.74, 6) is -0.456. The Balaban J connectivity index is 3.07. The van der Waals surface area contributed by atoms with Gasteiger partial charge in [0.05, 0.1) is 18.4 Å². The first kappa shape index (κ1) is 10.8. The van der Waals surface area contributed by atoms with Gasteiger partial charge in [0, 0.05) is 16.2 Å². The Bertz CT molecular complexity index is 393. The number of halogens is 1. The summed E-state index contributed by atoms with van der Waals surface area (Å²) in [5.41, 5.74) is 1.72. The van der Waals surface area contributed by atoms with Gasteiger partial charge in [-0.05, 0) is 6.07 Å². The Hall–Kier alpha value is -1.29. The largest absolute Gasteiger partial charge is 0.465 e. The molecule has 0 aliphatic heterocycles. The first-order valence-corrected chi connectivity index (χ1v) is 4.67. The zero-order valence-electron chi connectivity index (χ0n) is 7.76. The van der Waals surface area contributed by atoms with Crippen molar-refractivity contribution in [1.82, 2.24) is 4.98 Å². The number of aromatic amines is 1. The molecule has 74 valence electrons. The number of carbonyl (C=O) groups excluding carboxylic acids is 1. The fraction of sp³-hybridized carbons (Fsp3) is 0.100. The lowest BCUT2D eigenvalue weighted by atomic mass is 10.1. The zero-order chi connectivity index (χ0) is 10.7. The molecule has 1 aromatic rings. The minimum atomic E-state index is -0.456. The van der Waals surface area contributed by atoms with Gasteiger partial charge < -0.3 is 9.72 Å². The van der Waals surface area contributed by atoms with E-state index in [0.29, 0.717) is 10.2 Å². The maximum absolute atomic E-state index is 11.2. The lowest BCUT2D eigenvalue weighted by Crippen LogP contribution is -2.04. The Kier molecular flexibility index (Phi) is 3.30. The number of ether oxygens (including phenoxy) is 1. The van der Waals surface area contributed by atoms with Crippen molar-refractivity contribution in [3.05, 3.63) is 36.7 Å². The summed E-state index contributed by atoms with van der Waals surface area (Å²) in [6.07, 6.45) is 1.71. The van der Waals surface area contributed by atoms with Crippen LogP contribution in [-0.4, -0.2) is 18.1 Å². The van der Waals surface area contributed by atoms with Gasteiger partial charge >= 0.3 is 5.97 Å². The summed E-state index contributed by atoms with van der Waals surface area (Å²) >= 11 is 3.24. The van der Waals surface area contributed by atoms with Crippen LogP contribution in [0, 0.1) is 0 Å². The molecule has 0 saturated heterocycles. The third kappa shape index (κ3) is 1.96. The lowest BCUT2D eigenvalue weighted by Gasteiger charge is -2.04. The monoisotopic (exact) mass is 255 g/mol. The van der Waals surface area contributed by atoms with Crippen molar-refractivity contribution in [3.63, 3.8) is 0 Å². The summed E-state index contributed by atoms with van der Waals surface area (Å²) in [4.78, 5) is 14.1. The van der Waals surface area contributed by atoms with Gasteiger partial charge in [-0.2, -0.15) is 0 Å². The third-order valence-corrected chi connectivity index (χ3v) is 2.20. The van der Waals surface area contributed by atoms with Crippen LogP contribution in [0.25, 0.3) is 10.1 Å². The minimum absolute atomic E-state index is 0.285. The van der Waals surface area contributed by atoms with Crippen LogP contribution in [0.1, 0.15) is 11.3 Å². The van der Waals surface area contributed by atoms with Crippen LogP contribution in [-0.2, 0) is 9.53 Å². The Labute approximate surface area is 90.6 Å². The van der Waals surface area contributed by atoms with Crippen molar-refractivity contribution < 1.29 is 9.53 Å². The molecule has 1 aromatic heterocycles. The standard InChI is InChI=1S/C10H10BrNO2/c1-6(10(13)14-3)9-8(7(2)11)4-5-12-9/h4-5,12H,1-2H2,3H3. The Morgan fingerprint density at radius 1 is 1.57 bits per heavy atom. The van der Waals surface area contributed by atoms with Crippen molar-refractivity contribution in [2.75, 3.05) is 7.11 Å². The van der Waals surface area contributed by atoms with Gasteiger partial charge in [0.2, 0.25) is 0 Å². The summed E-state index contributed by atoms with van der Waals surface area (Å²) in [5, 5.41) is 0. The molecule has 0 saturated carbocycles. The Morgan fingerprint density at radius 2 is 2.21 bits per heavy atom. The summed E-state index contributed by atoms with van der Waals surface area (Å²) in [6, 6.07) is 1.81. The topological polar surface area (TPSA) is 42.1 Å². The summed E-state index contributed by atoms with van der Waals surface area (Å²) in [6.45, 7) is 7.37. The number of aromatic nitrogens is 1. The predicted molar refractivity (Wildman–Crippen MR) is 59.8 cm³/mol. The molecule has 0 fully saturated rings. The van der Waals surface area contributed by atoms with Crippen LogP contribution in [0.5, 0.6) is 0 Å². The van der Waals surface area contributed by atoms with Crippen LogP contribution in [0.2, 0.25) is 0 Å². The van der Waals surface area contributed by atoms with Crippen molar-refractivity contribution in [3.8, 4) is 0 Å². The van der Waals surface area contributed by atoms with Gasteiger partial charge in [0.25, 0.3) is 0 Å². The van der Waals surface area contributed by atoms with E-state index in [9.17, 15) is 4.79 Å². The second-order valence-electron chi connectivity index (χ2n) is 2.64. The molecule has 0 spiro atoms. The number of rotatable bonds is 3. The number of esters is 1. The maximum Gasteiger partial charge on any atom is 0.339 e. The quantitative estimate of drug-likeness (QED) is 0.667. The predicted octanol–water partition coefficient (Wildman–Crippen LogP) is 2.57. The molecule has 1 heterocycles. The van der Waals surface area contributed by atoms with E-state index in [4.69, 9.17) is 0 Å². The van der Waals surface area contributed by atoms with Crippen LogP contribution in [0.15, 0.2) is 25.4 Å². The van der Waals surface area contributed by atoms with E-state index in [1.165, 1.54) is 7.11 Å². The second kappa shape index (κ2) is 4.28. The average molecular weight is 256 g/mol. The molecular formula is C10H10BrNO2. The van der Waals surface area contributed by atoms with Gasteiger partial charge in [0.15, 0.2) is 0 Å². The van der Waals surface area contributed by atoms with Gasteiger partial charge in [0.1, 0.15) is 0 Å². The number of methoxy groups -OCH3 is 1. The molecule has 0 radical (unpaired) electrons. The highest BCUT2D eigenvalue weighted by atomic mass is 79.9. The highest BCUT2D eigenvalue weighted by molar-refractivity contribution is 9.15. The van der Waals surface area contributed by atoms with Crippen molar-refractivity contribution in [2.24, 2.45) is 0 Å². The number of carbonyl (C=O) groups is 1. The van der Waals surface area contributed by atoms with E-state index < -0.39 is 5.97 Å². The van der Waals surface area contributed by atoms with Gasteiger partial charge in [-0.15, -0.1) is 0 Å². The van der Waals surface area contributed by atoms with Crippen LogP contribution < -0.4 is 0 Å². The van der Waals surface area contributed by atoms with Crippen molar-refractivity contribution in [1.29, 1.82) is 0 Å². The molecule has 0 unspecified atom stereocenters. The smallest absolute Gasteiger partial charge is 0.339 e. The molecule has 1 N–H and O–H groups in total. The molecule has 14 heavy (non-hydrogen) atoms. The molecule has 1 rings (SSSR count). The molecule has 0 bridgehead atoms. The van der Waals surface area contributed by atoms with Crippen LogP contribution in [0.4, 0.5) is 0 Å². The lowest BCUT2D eigenvalue weighted by molar-refractivity contribution is -0.133. The SMILES string of the molecule is C=C(Br)c1cc[nH]c1C(=C)C(=O)OC. The zero-order valence-corrected chi connectivity index (χ0v) is 9.35. The first-order chi connectivity index (χ1) is 6.57. The summed E-state index contributed by atoms with van der Waals surface area (Å²) < 4.78 is 5.26. The first-order valence-electron chi connectivity index (χ1n) is 3.87. The fourth-order valence-electron chi connectivity index (χ4n) is 1.07. The average Bonchev–Trinajstić information content (AvgIpc) is 2.63. The molecule has 0 amide bonds. The van der Waals surface area contributed by atoms with E-state index in [-0.39, 0.29) is 5.57 Å². The van der Waals surface area contributed by atoms with E-state index in [1.807, 2.05) is 0 Å². The summed E-state index contributed by atoms with van der Waals surface area (Å²) in [7, 11) is 1.32. The number of H-pyrrole nitrogens is 1. The van der Waals surface area contributed by atoms with E-state index in [2.05, 4.69) is 38.8 Å². The van der Waals surface area contributed by atoms with E-state index in [0.717, 1.165) is 5.56 Å². The third-order valence-electron chi connectivity index (χ3n) is 1.77. The number of hydrogen-bond donors (Lipinski definition) is 1. The van der Waals surface area contributed by atoms with Crippen molar-refractivity contribution >= 4 is 32.0 Å². The van der Waals surface area contributed by atoms with Gasteiger partial charge in [-0.1, -0.05) is 29.1 Å². The van der Waals surface area contributed by atoms with E-state index >= 15 is 0 Å². The second-order valence-corrected chi connectivity index (χ2v) is 3.60. The normalized spacial score (nSPS) is 9.57. The van der Waals surface area contributed by atoms with Crippen molar-refractivity contribution in [2.45, 2.75) is 0 Å². The highest BCUT2D eigenvalue weighted by Gasteiger charge is 2.15. The molecular weight excluding hydrogens is 246 g/mol. The van der Waals surface area contributed by atoms with Gasteiger partial charge in [-0.25, -0.2) is 4.79 Å². The van der Waals surface area contributed by atoms with Crippen LogP contribution >= 0.6 is 15.9 Å². The molecule has 4 heteroatoms. The maximum atomic E-state index is 11.2. The van der Waals surface area contributed by atoms with Gasteiger partial charge in [-0.3, -0.25) is 0 Å². The highest BCUT2D eigenvalue weighted by Crippen LogP contribution is 2.26.